The summed E-state index contributed by atoms with van der Waals surface area (Å²) < 4.78 is 5.31. The molecule has 0 spiro atoms. The van der Waals surface area contributed by atoms with Crippen LogP contribution in [0.5, 0.6) is 5.75 Å². The van der Waals surface area contributed by atoms with E-state index in [1.165, 1.54) is 4.90 Å². The smallest absolute Gasteiger partial charge is 0.234 e. The Morgan fingerprint density at radius 3 is 2.33 bits per heavy atom. The molecule has 1 aromatic rings. The fourth-order valence-electron chi connectivity index (χ4n) is 4.12. The highest BCUT2D eigenvalue weighted by atomic mass is 16.5. The minimum atomic E-state index is -0.123. The number of carbonyl (C=O) groups is 2. The molecule has 21 heavy (non-hydrogen) atoms. The average Bonchev–Trinajstić information content (AvgIpc) is 3.17. The lowest BCUT2D eigenvalue weighted by Crippen LogP contribution is -2.32. The van der Waals surface area contributed by atoms with Crippen LogP contribution in [-0.2, 0) is 16.1 Å². The van der Waals surface area contributed by atoms with Crippen molar-refractivity contribution in [2.45, 2.75) is 13.0 Å². The molecule has 0 aromatic heterocycles. The Bertz CT molecular complexity index is 621. The zero-order valence-corrected chi connectivity index (χ0v) is 11.9. The second-order valence-corrected chi connectivity index (χ2v) is 6.07. The molecule has 2 bridgehead atoms. The maximum Gasteiger partial charge on any atom is 0.234 e. The molecule has 1 heterocycles. The monoisotopic (exact) mass is 283 g/mol. The lowest BCUT2D eigenvalue weighted by molar-refractivity contribution is -0.141. The van der Waals surface area contributed by atoms with Crippen LogP contribution in [0.1, 0.15) is 12.0 Å². The molecule has 2 fully saturated rings. The molecular formula is C17H17NO3. The molecule has 2 aliphatic carbocycles. The van der Waals surface area contributed by atoms with Crippen molar-refractivity contribution in [2.24, 2.45) is 23.7 Å². The largest absolute Gasteiger partial charge is 0.496 e. The number of carbonyl (C=O) groups excluding carboxylic acids is 2. The van der Waals surface area contributed by atoms with E-state index in [0.717, 1.165) is 17.7 Å². The summed E-state index contributed by atoms with van der Waals surface area (Å²) in [4.78, 5) is 26.7. The zero-order valence-electron chi connectivity index (χ0n) is 11.9. The second-order valence-electron chi connectivity index (χ2n) is 6.07. The Morgan fingerprint density at radius 2 is 1.71 bits per heavy atom. The van der Waals surface area contributed by atoms with E-state index in [1.807, 2.05) is 24.3 Å². The molecule has 4 rings (SSSR count). The number of allylic oxidation sites excluding steroid dienone is 2. The Labute approximate surface area is 123 Å². The van der Waals surface area contributed by atoms with Gasteiger partial charge >= 0.3 is 0 Å². The van der Waals surface area contributed by atoms with Gasteiger partial charge in [-0.25, -0.2) is 0 Å². The van der Waals surface area contributed by atoms with E-state index < -0.39 is 0 Å². The Balaban J connectivity index is 1.63. The number of hydrogen-bond donors (Lipinski definition) is 0. The molecule has 108 valence electrons. The number of likely N-dealkylation sites (tertiary alicyclic amines) is 1. The molecule has 3 aliphatic rings. The van der Waals surface area contributed by atoms with Gasteiger partial charge in [0.15, 0.2) is 0 Å². The number of imide groups is 1. The number of rotatable bonds is 3. The average molecular weight is 283 g/mol. The summed E-state index contributed by atoms with van der Waals surface area (Å²) in [5.41, 5.74) is 0.877. The van der Waals surface area contributed by atoms with Crippen molar-refractivity contribution in [3.05, 3.63) is 42.0 Å². The molecule has 4 heteroatoms. The first-order chi connectivity index (χ1) is 10.2. The third-order valence-corrected chi connectivity index (χ3v) is 5.08. The number of methoxy groups -OCH3 is 1. The molecule has 1 saturated carbocycles. The van der Waals surface area contributed by atoms with Gasteiger partial charge in [0.05, 0.1) is 25.5 Å². The van der Waals surface area contributed by atoms with Crippen molar-refractivity contribution in [1.29, 1.82) is 0 Å². The number of hydrogen-bond acceptors (Lipinski definition) is 3. The van der Waals surface area contributed by atoms with E-state index in [4.69, 9.17) is 4.74 Å². The minimum Gasteiger partial charge on any atom is -0.496 e. The van der Waals surface area contributed by atoms with Crippen molar-refractivity contribution in [3.63, 3.8) is 0 Å². The molecule has 0 unspecified atom stereocenters. The van der Waals surface area contributed by atoms with E-state index in [2.05, 4.69) is 12.2 Å². The second kappa shape index (κ2) is 4.45. The fourth-order valence-corrected chi connectivity index (χ4v) is 4.12. The molecule has 0 radical (unpaired) electrons. The highest BCUT2D eigenvalue weighted by Gasteiger charge is 2.59. The van der Waals surface area contributed by atoms with Gasteiger partial charge in [0.2, 0.25) is 11.8 Å². The molecule has 4 atom stereocenters. The summed E-state index contributed by atoms with van der Waals surface area (Å²) >= 11 is 0. The van der Waals surface area contributed by atoms with Gasteiger partial charge in [-0.1, -0.05) is 30.4 Å². The van der Waals surface area contributed by atoms with Crippen LogP contribution < -0.4 is 4.74 Å². The lowest BCUT2D eigenvalue weighted by atomic mass is 9.85. The van der Waals surface area contributed by atoms with Gasteiger partial charge in [-0.05, 0) is 24.3 Å². The summed E-state index contributed by atoms with van der Waals surface area (Å²) in [7, 11) is 1.60. The van der Waals surface area contributed by atoms with Crippen LogP contribution in [0.25, 0.3) is 0 Å². The maximum absolute atomic E-state index is 12.6. The number of nitrogens with zero attached hydrogens (tertiary/aromatic N) is 1. The van der Waals surface area contributed by atoms with Crippen LogP contribution in [0.3, 0.4) is 0 Å². The predicted octanol–water partition coefficient (Wildman–Crippen LogP) is 2.00. The highest BCUT2D eigenvalue weighted by Crippen LogP contribution is 2.52. The Hall–Kier alpha value is -2.10. The van der Waals surface area contributed by atoms with Crippen molar-refractivity contribution < 1.29 is 14.3 Å². The molecule has 1 aliphatic heterocycles. The number of amides is 2. The van der Waals surface area contributed by atoms with Crippen LogP contribution in [-0.4, -0.2) is 23.8 Å². The van der Waals surface area contributed by atoms with Gasteiger partial charge in [-0.15, -0.1) is 0 Å². The number of para-hydroxylation sites is 1. The van der Waals surface area contributed by atoms with Gasteiger partial charge in [-0.2, -0.15) is 0 Å². The normalized spacial score (nSPS) is 32.9. The van der Waals surface area contributed by atoms with Gasteiger partial charge in [-0.3, -0.25) is 14.5 Å². The van der Waals surface area contributed by atoms with Crippen molar-refractivity contribution in [3.8, 4) is 5.75 Å². The first-order valence-electron chi connectivity index (χ1n) is 7.36. The fraction of sp³-hybridized carbons (Fsp3) is 0.412. The molecule has 2 amide bonds. The van der Waals surface area contributed by atoms with Gasteiger partial charge in [0.1, 0.15) is 5.75 Å². The van der Waals surface area contributed by atoms with Crippen molar-refractivity contribution >= 4 is 11.8 Å². The first kappa shape index (κ1) is 12.6. The number of ether oxygens (including phenoxy) is 1. The standard InChI is InChI=1S/C17H17NO3/c1-21-13-5-3-2-4-12(13)9-18-16(19)14-10-6-7-11(8-10)15(14)17(18)20/h2-7,10-11,14-15H,8-9H2,1H3/t10-,11-,14-,15-/m0/s1. The quantitative estimate of drug-likeness (QED) is 0.629. The predicted molar refractivity (Wildman–Crippen MR) is 76.3 cm³/mol. The number of fused-ring (bicyclic) bond motifs is 5. The first-order valence-corrected chi connectivity index (χ1v) is 7.36. The zero-order chi connectivity index (χ0) is 14.6. The van der Waals surface area contributed by atoms with E-state index in [-0.39, 0.29) is 35.5 Å². The summed E-state index contributed by atoms with van der Waals surface area (Å²) in [6.07, 6.45) is 5.20. The van der Waals surface area contributed by atoms with E-state index in [0.29, 0.717) is 6.54 Å². The molecule has 1 saturated heterocycles. The summed E-state index contributed by atoms with van der Waals surface area (Å²) in [6.45, 7) is 0.314. The summed E-state index contributed by atoms with van der Waals surface area (Å²) in [6, 6.07) is 7.54. The van der Waals surface area contributed by atoms with Gasteiger partial charge < -0.3 is 4.74 Å². The molecule has 4 nitrogen and oxygen atoms in total. The van der Waals surface area contributed by atoms with Crippen LogP contribution in [0, 0.1) is 23.7 Å². The van der Waals surface area contributed by atoms with E-state index in [9.17, 15) is 9.59 Å². The molecule has 1 aromatic carbocycles. The van der Waals surface area contributed by atoms with Crippen molar-refractivity contribution in [1.82, 2.24) is 4.90 Å². The SMILES string of the molecule is COc1ccccc1CN1C(=O)[C@@H]2[C@@H](C1=O)[C@H]1C=C[C@H]2C1. The lowest BCUT2D eigenvalue weighted by Gasteiger charge is -2.18. The minimum absolute atomic E-state index is 0.00671. The van der Waals surface area contributed by atoms with Gasteiger partial charge in [0, 0.05) is 5.56 Å². The van der Waals surface area contributed by atoms with E-state index in [1.54, 1.807) is 7.11 Å². The maximum atomic E-state index is 12.6. The summed E-state index contributed by atoms with van der Waals surface area (Å²) in [5.74, 6) is 0.986. The van der Waals surface area contributed by atoms with Crippen LogP contribution in [0.4, 0.5) is 0 Å². The highest BCUT2D eigenvalue weighted by molar-refractivity contribution is 6.06. The topological polar surface area (TPSA) is 46.6 Å². The third kappa shape index (κ3) is 1.68. The molecular weight excluding hydrogens is 266 g/mol. The van der Waals surface area contributed by atoms with Crippen LogP contribution in [0.15, 0.2) is 36.4 Å². The van der Waals surface area contributed by atoms with Gasteiger partial charge in [0.25, 0.3) is 0 Å². The van der Waals surface area contributed by atoms with Crippen LogP contribution in [0.2, 0.25) is 0 Å². The van der Waals surface area contributed by atoms with E-state index >= 15 is 0 Å². The Kier molecular flexibility index (Phi) is 2.67. The van der Waals surface area contributed by atoms with Crippen LogP contribution >= 0.6 is 0 Å². The van der Waals surface area contributed by atoms with Crippen molar-refractivity contribution in [2.75, 3.05) is 7.11 Å². The third-order valence-electron chi connectivity index (χ3n) is 5.08. The summed E-state index contributed by atoms with van der Waals surface area (Å²) in [5, 5.41) is 0. The molecule has 0 N–H and O–H groups in total. The number of benzene rings is 1. The Morgan fingerprint density at radius 1 is 1.10 bits per heavy atom.